The van der Waals surface area contributed by atoms with Crippen LogP contribution < -0.4 is 5.32 Å². The number of rotatable bonds is 6. The van der Waals surface area contributed by atoms with Crippen LogP contribution in [0.5, 0.6) is 0 Å². The van der Waals surface area contributed by atoms with Gasteiger partial charge < -0.3 is 14.8 Å². The summed E-state index contributed by atoms with van der Waals surface area (Å²) in [5, 5.41) is 5.05. The first-order chi connectivity index (χ1) is 9.79. The number of hydrogen-bond donors (Lipinski definition) is 1. The van der Waals surface area contributed by atoms with Crippen LogP contribution in [-0.4, -0.2) is 63.1 Å². The van der Waals surface area contributed by atoms with Gasteiger partial charge in [-0.1, -0.05) is 0 Å². The first-order valence-electron chi connectivity index (χ1n) is 7.57. The molecule has 0 aromatic rings. The highest BCUT2D eigenvalue weighted by molar-refractivity contribution is 5.76. The predicted molar refractivity (Wildman–Crippen MR) is 71.9 cm³/mol. The van der Waals surface area contributed by atoms with Crippen molar-refractivity contribution in [3.63, 3.8) is 0 Å². The molecular weight excluding hydrogens is 260 g/mol. The second-order valence-corrected chi connectivity index (χ2v) is 5.87. The van der Waals surface area contributed by atoms with Crippen molar-refractivity contribution in [2.24, 2.45) is 11.8 Å². The largest absolute Gasteiger partial charge is 0.384 e. The van der Waals surface area contributed by atoms with Crippen molar-refractivity contribution in [1.82, 2.24) is 10.4 Å². The SMILES string of the molecule is COC[C@@H]1[C@H](NC(=O)CCN2CCCO2)[C@@H]2CCO[C@H]12. The lowest BCUT2D eigenvalue weighted by molar-refractivity contribution is -0.136. The van der Waals surface area contributed by atoms with Crippen LogP contribution in [-0.2, 0) is 19.1 Å². The van der Waals surface area contributed by atoms with Crippen molar-refractivity contribution < 1.29 is 19.1 Å². The van der Waals surface area contributed by atoms with Gasteiger partial charge in [0.05, 0.1) is 19.3 Å². The van der Waals surface area contributed by atoms with Crippen molar-refractivity contribution in [3.05, 3.63) is 0 Å². The summed E-state index contributed by atoms with van der Waals surface area (Å²) in [6, 6.07) is 0.217. The number of carbonyl (C=O) groups is 1. The Labute approximate surface area is 119 Å². The molecule has 2 heterocycles. The third kappa shape index (κ3) is 2.83. The Morgan fingerprint density at radius 3 is 3.10 bits per heavy atom. The van der Waals surface area contributed by atoms with E-state index in [0.717, 1.165) is 32.6 Å². The van der Waals surface area contributed by atoms with Gasteiger partial charge in [-0.15, -0.1) is 0 Å². The van der Waals surface area contributed by atoms with Crippen molar-refractivity contribution in [3.8, 4) is 0 Å². The second-order valence-electron chi connectivity index (χ2n) is 5.87. The van der Waals surface area contributed by atoms with Crippen LogP contribution in [0, 0.1) is 11.8 Å². The summed E-state index contributed by atoms with van der Waals surface area (Å²) >= 11 is 0. The molecule has 0 aromatic heterocycles. The van der Waals surface area contributed by atoms with Crippen LogP contribution in [0.1, 0.15) is 19.3 Å². The number of methoxy groups -OCH3 is 1. The Morgan fingerprint density at radius 2 is 2.35 bits per heavy atom. The van der Waals surface area contributed by atoms with Crippen LogP contribution in [0.25, 0.3) is 0 Å². The van der Waals surface area contributed by atoms with Gasteiger partial charge in [-0.25, -0.2) is 0 Å². The van der Waals surface area contributed by atoms with E-state index in [4.69, 9.17) is 14.3 Å². The normalized spacial score (nSPS) is 36.6. The predicted octanol–water partition coefficient (Wildman–Crippen LogP) is 0.180. The topological polar surface area (TPSA) is 60.0 Å². The summed E-state index contributed by atoms with van der Waals surface area (Å²) in [6.45, 7) is 3.85. The monoisotopic (exact) mass is 284 g/mol. The molecule has 6 nitrogen and oxygen atoms in total. The number of nitrogens with one attached hydrogen (secondary N) is 1. The lowest BCUT2D eigenvalue weighted by Gasteiger charge is -2.47. The molecule has 6 heteroatoms. The zero-order valence-corrected chi connectivity index (χ0v) is 12.0. The summed E-state index contributed by atoms with van der Waals surface area (Å²) in [5.74, 6) is 0.888. The molecule has 3 rings (SSSR count). The van der Waals surface area contributed by atoms with Crippen molar-refractivity contribution >= 4 is 5.91 Å². The standard InChI is InChI=1S/C14H24N2O4/c1-18-9-11-13(10-4-8-19-14(10)11)15-12(17)3-6-16-5-2-7-20-16/h10-11,13-14H,2-9H2,1H3,(H,15,17)/t10-,11+,13+,14-/m0/s1. The van der Waals surface area contributed by atoms with E-state index in [9.17, 15) is 4.79 Å². The quantitative estimate of drug-likeness (QED) is 0.754. The number of fused-ring (bicyclic) bond motifs is 1. The minimum Gasteiger partial charge on any atom is -0.384 e. The number of hydrogen-bond acceptors (Lipinski definition) is 5. The third-order valence-electron chi connectivity index (χ3n) is 4.63. The number of carbonyl (C=O) groups excluding carboxylic acids is 1. The molecule has 0 bridgehead atoms. The summed E-state index contributed by atoms with van der Waals surface area (Å²) < 4.78 is 11.0. The Bertz CT molecular complexity index is 346. The first kappa shape index (κ1) is 14.3. The molecule has 4 atom stereocenters. The Kier molecular flexibility index (Phi) is 4.55. The van der Waals surface area contributed by atoms with E-state index in [1.165, 1.54) is 0 Å². The third-order valence-corrected chi connectivity index (χ3v) is 4.63. The molecule has 3 aliphatic rings. The molecule has 0 radical (unpaired) electrons. The number of ether oxygens (including phenoxy) is 2. The van der Waals surface area contributed by atoms with E-state index >= 15 is 0 Å². The smallest absolute Gasteiger partial charge is 0.221 e. The minimum atomic E-state index is 0.108. The average molecular weight is 284 g/mol. The van der Waals surface area contributed by atoms with Gasteiger partial charge in [0.2, 0.25) is 5.91 Å². The highest BCUT2D eigenvalue weighted by atomic mass is 16.7. The maximum atomic E-state index is 12.1. The highest BCUT2D eigenvalue weighted by Crippen LogP contribution is 2.43. The maximum Gasteiger partial charge on any atom is 0.221 e. The molecule has 1 amide bonds. The van der Waals surface area contributed by atoms with Crippen molar-refractivity contribution in [2.45, 2.75) is 31.4 Å². The fourth-order valence-corrected chi connectivity index (χ4v) is 3.59. The van der Waals surface area contributed by atoms with Crippen LogP contribution >= 0.6 is 0 Å². The van der Waals surface area contributed by atoms with Gasteiger partial charge in [0.15, 0.2) is 0 Å². The molecule has 2 saturated heterocycles. The molecule has 114 valence electrons. The van der Waals surface area contributed by atoms with Crippen LogP contribution in [0.15, 0.2) is 0 Å². The fraction of sp³-hybridized carbons (Fsp3) is 0.929. The second kappa shape index (κ2) is 6.39. The van der Waals surface area contributed by atoms with E-state index in [2.05, 4.69) is 5.32 Å². The minimum absolute atomic E-state index is 0.108. The number of hydroxylamine groups is 2. The van der Waals surface area contributed by atoms with Crippen LogP contribution in [0.2, 0.25) is 0 Å². The van der Waals surface area contributed by atoms with Gasteiger partial charge in [-0.3, -0.25) is 9.63 Å². The summed E-state index contributed by atoms with van der Waals surface area (Å²) in [4.78, 5) is 17.5. The van der Waals surface area contributed by atoms with E-state index in [1.54, 1.807) is 7.11 Å². The molecule has 2 aliphatic heterocycles. The molecule has 0 unspecified atom stereocenters. The molecule has 1 saturated carbocycles. The summed E-state index contributed by atoms with van der Waals surface area (Å²) in [6.07, 6.45) is 2.88. The van der Waals surface area contributed by atoms with Gasteiger partial charge in [0.25, 0.3) is 0 Å². The fourth-order valence-electron chi connectivity index (χ4n) is 3.59. The van der Waals surface area contributed by atoms with Crippen molar-refractivity contribution in [1.29, 1.82) is 0 Å². The molecule has 20 heavy (non-hydrogen) atoms. The Morgan fingerprint density at radius 1 is 1.45 bits per heavy atom. The van der Waals surface area contributed by atoms with Gasteiger partial charge >= 0.3 is 0 Å². The summed E-state index contributed by atoms with van der Waals surface area (Å²) in [7, 11) is 1.70. The Balaban J connectivity index is 1.44. The molecule has 0 spiro atoms. The number of nitrogens with zero attached hydrogens (tertiary/aromatic N) is 1. The number of amides is 1. The molecule has 0 aromatic carbocycles. The molecule has 1 aliphatic carbocycles. The van der Waals surface area contributed by atoms with Crippen molar-refractivity contribution in [2.75, 3.05) is 40.0 Å². The molecule has 3 fully saturated rings. The van der Waals surface area contributed by atoms with Gasteiger partial charge in [-0.2, -0.15) is 5.06 Å². The highest BCUT2D eigenvalue weighted by Gasteiger charge is 2.54. The zero-order valence-electron chi connectivity index (χ0n) is 12.0. The van der Waals surface area contributed by atoms with E-state index in [-0.39, 0.29) is 18.1 Å². The van der Waals surface area contributed by atoms with E-state index < -0.39 is 0 Å². The first-order valence-corrected chi connectivity index (χ1v) is 7.57. The lowest BCUT2D eigenvalue weighted by Crippen LogP contribution is -2.62. The van der Waals surface area contributed by atoms with Gasteiger partial charge in [-0.05, 0) is 12.8 Å². The average Bonchev–Trinajstić information content (AvgIpc) is 3.09. The molecular formula is C14H24N2O4. The van der Waals surface area contributed by atoms with Gasteiger partial charge in [0, 0.05) is 51.1 Å². The van der Waals surface area contributed by atoms with E-state index in [1.807, 2.05) is 5.06 Å². The van der Waals surface area contributed by atoms with E-state index in [0.29, 0.717) is 31.4 Å². The van der Waals surface area contributed by atoms with Crippen LogP contribution in [0.3, 0.4) is 0 Å². The maximum absolute atomic E-state index is 12.1. The lowest BCUT2D eigenvalue weighted by atomic mass is 9.67. The van der Waals surface area contributed by atoms with Gasteiger partial charge in [0.1, 0.15) is 0 Å². The zero-order chi connectivity index (χ0) is 13.9. The van der Waals surface area contributed by atoms with Crippen LogP contribution in [0.4, 0.5) is 0 Å². The Hall–Kier alpha value is -0.690. The summed E-state index contributed by atoms with van der Waals surface area (Å²) in [5.41, 5.74) is 0. The molecule has 1 N–H and O–H groups in total.